The Kier molecular flexibility index (Phi) is 3.56. The minimum Gasteiger partial charge on any atom is -0.258 e. The van der Waals surface area contributed by atoms with Gasteiger partial charge >= 0.3 is 0 Å². The second kappa shape index (κ2) is 4.69. The molecule has 0 bridgehead atoms. The van der Waals surface area contributed by atoms with Crippen molar-refractivity contribution >= 4 is 5.69 Å². The molecule has 1 atom stereocenters. The fraction of sp³-hybridized carbons (Fsp3) is 0.400. The maximum Gasteiger partial charge on any atom is 0.269 e. The number of halogens is 1. The van der Waals surface area contributed by atoms with E-state index in [0.29, 0.717) is 12.0 Å². The molecule has 0 aromatic heterocycles. The first-order valence-electron chi connectivity index (χ1n) is 4.53. The van der Waals surface area contributed by atoms with Crippen LogP contribution in [0.1, 0.15) is 31.5 Å². The van der Waals surface area contributed by atoms with E-state index < -0.39 is 11.1 Å². The van der Waals surface area contributed by atoms with Crippen LogP contribution in [0.15, 0.2) is 24.3 Å². The minimum absolute atomic E-state index is 0.00236. The summed E-state index contributed by atoms with van der Waals surface area (Å²) in [7, 11) is 0. The van der Waals surface area contributed by atoms with E-state index in [1.165, 1.54) is 24.3 Å². The molecule has 4 heteroatoms. The average molecular weight is 197 g/mol. The van der Waals surface area contributed by atoms with Gasteiger partial charge in [-0.05, 0) is 24.1 Å². The lowest BCUT2D eigenvalue weighted by Crippen LogP contribution is -1.92. The van der Waals surface area contributed by atoms with E-state index in [9.17, 15) is 14.5 Å². The molecular weight excluding hydrogens is 185 g/mol. The topological polar surface area (TPSA) is 43.1 Å². The lowest BCUT2D eigenvalue weighted by Gasteiger charge is -2.05. The molecule has 3 nitrogen and oxygen atoms in total. The maximum atomic E-state index is 13.3. The van der Waals surface area contributed by atoms with Crippen molar-refractivity contribution < 1.29 is 9.31 Å². The Balaban J connectivity index is 2.77. The number of nitrogens with zero attached hydrogens (tertiary/aromatic N) is 1. The van der Waals surface area contributed by atoms with Crippen molar-refractivity contribution in [1.82, 2.24) is 0 Å². The Bertz CT molecular complexity index is 310. The van der Waals surface area contributed by atoms with Gasteiger partial charge in [0.15, 0.2) is 0 Å². The second-order valence-electron chi connectivity index (χ2n) is 3.10. The predicted molar refractivity (Wildman–Crippen MR) is 51.9 cm³/mol. The van der Waals surface area contributed by atoms with Gasteiger partial charge < -0.3 is 0 Å². The van der Waals surface area contributed by atoms with Gasteiger partial charge in [0.2, 0.25) is 0 Å². The molecular formula is C10H12FNO2. The van der Waals surface area contributed by atoms with Crippen LogP contribution in [-0.2, 0) is 0 Å². The number of hydrogen-bond donors (Lipinski definition) is 0. The Morgan fingerprint density at radius 1 is 1.43 bits per heavy atom. The highest BCUT2D eigenvalue weighted by atomic mass is 19.1. The lowest BCUT2D eigenvalue weighted by atomic mass is 10.1. The summed E-state index contributed by atoms with van der Waals surface area (Å²) >= 11 is 0. The van der Waals surface area contributed by atoms with Crippen LogP contribution in [0.2, 0.25) is 0 Å². The monoisotopic (exact) mass is 197 g/mol. The van der Waals surface area contributed by atoms with E-state index in [1.54, 1.807) is 0 Å². The minimum atomic E-state index is -1.01. The summed E-state index contributed by atoms with van der Waals surface area (Å²) in [5.74, 6) is 0. The molecule has 14 heavy (non-hydrogen) atoms. The Hall–Kier alpha value is -1.45. The Morgan fingerprint density at radius 2 is 2.00 bits per heavy atom. The molecule has 0 aliphatic heterocycles. The summed E-state index contributed by atoms with van der Waals surface area (Å²) in [6, 6.07) is 5.60. The van der Waals surface area contributed by atoms with E-state index in [4.69, 9.17) is 0 Å². The van der Waals surface area contributed by atoms with E-state index in [-0.39, 0.29) is 5.69 Å². The molecule has 0 spiro atoms. The summed E-state index contributed by atoms with van der Waals surface area (Å²) in [6.45, 7) is 1.90. The number of alkyl halides is 1. The molecule has 0 N–H and O–H groups in total. The smallest absolute Gasteiger partial charge is 0.258 e. The van der Waals surface area contributed by atoms with Crippen LogP contribution in [-0.4, -0.2) is 4.92 Å². The second-order valence-corrected chi connectivity index (χ2v) is 3.10. The number of non-ortho nitro benzene ring substituents is 1. The molecule has 0 fully saturated rings. The standard InChI is InChI=1S/C10H12FNO2/c1-2-3-10(11)8-4-6-9(7-5-8)12(13)14/h4-7,10H,2-3H2,1H3. The highest BCUT2D eigenvalue weighted by molar-refractivity contribution is 5.33. The van der Waals surface area contributed by atoms with Gasteiger partial charge in [-0.1, -0.05) is 13.3 Å². The molecule has 1 rings (SSSR count). The summed E-state index contributed by atoms with van der Waals surface area (Å²) in [5.41, 5.74) is 0.509. The van der Waals surface area contributed by atoms with Crippen LogP contribution < -0.4 is 0 Å². The zero-order valence-electron chi connectivity index (χ0n) is 7.94. The highest BCUT2D eigenvalue weighted by Crippen LogP contribution is 2.24. The van der Waals surface area contributed by atoms with Crippen LogP contribution in [0.4, 0.5) is 10.1 Å². The molecule has 0 amide bonds. The molecule has 0 heterocycles. The van der Waals surface area contributed by atoms with E-state index in [1.807, 2.05) is 6.92 Å². The fourth-order valence-electron chi connectivity index (χ4n) is 1.22. The molecule has 1 aromatic rings. The van der Waals surface area contributed by atoms with Gasteiger partial charge in [0.25, 0.3) is 5.69 Å². The van der Waals surface area contributed by atoms with Crippen molar-refractivity contribution in [2.75, 3.05) is 0 Å². The summed E-state index contributed by atoms with van der Waals surface area (Å²) in [6.07, 6.45) is 0.205. The van der Waals surface area contributed by atoms with Crippen LogP contribution in [0, 0.1) is 10.1 Å². The summed E-state index contributed by atoms with van der Waals surface area (Å²) in [4.78, 5) is 9.83. The van der Waals surface area contributed by atoms with Crippen molar-refractivity contribution in [3.63, 3.8) is 0 Å². The number of benzene rings is 1. The van der Waals surface area contributed by atoms with Crippen molar-refractivity contribution in [1.29, 1.82) is 0 Å². The summed E-state index contributed by atoms with van der Waals surface area (Å²) in [5, 5.41) is 10.3. The normalized spacial score (nSPS) is 12.4. The van der Waals surface area contributed by atoms with Gasteiger partial charge in [-0.25, -0.2) is 4.39 Å². The molecule has 0 aliphatic carbocycles. The van der Waals surface area contributed by atoms with Gasteiger partial charge in [-0.2, -0.15) is 0 Å². The fourth-order valence-corrected chi connectivity index (χ4v) is 1.22. The lowest BCUT2D eigenvalue weighted by molar-refractivity contribution is -0.384. The van der Waals surface area contributed by atoms with E-state index in [2.05, 4.69) is 0 Å². The number of nitro groups is 1. The van der Waals surface area contributed by atoms with Gasteiger partial charge in [-0.15, -0.1) is 0 Å². The van der Waals surface area contributed by atoms with Crippen molar-refractivity contribution in [2.45, 2.75) is 25.9 Å². The SMILES string of the molecule is CCCC(F)c1ccc([N+](=O)[O-])cc1. The van der Waals surface area contributed by atoms with Crippen LogP contribution in [0.5, 0.6) is 0 Å². The van der Waals surface area contributed by atoms with Gasteiger partial charge in [0, 0.05) is 12.1 Å². The predicted octanol–water partition coefficient (Wildman–Crippen LogP) is 3.41. The van der Waals surface area contributed by atoms with E-state index in [0.717, 1.165) is 6.42 Å². The van der Waals surface area contributed by atoms with Crippen LogP contribution in [0.25, 0.3) is 0 Å². The summed E-state index contributed by atoms with van der Waals surface area (Å²) < 4.78 is 13.3. The molecule has 0 aliphatic rings. The van der Waals surface area contributed by atoms with E-state index >= 15 is 0 Å². The first kappa shape index (κ1) is 10.6. The molecule has 1 aromatic carbocycles. The third kappa shape index (κ3) is 2.52. The third-order valence-electron chi connectivity index (χ3n) is 2.01. The van der Waals surface area contributed by atoms with Gasteiger partial charge in [-0.3, -0.25) is 10.1 Å². The highest BCUT2D eigenvalue weighted by Gasteiger charge is 2.10. The molecule has 0 saturated carbocycles. The van der Waals surface area contributed by atoms with Gasteiger partial charge in [0.1, 0.15) is 6.17 Å². The van der Waals surface area contributed by atoms with Crippen LogP contribution >= 0.6 is 0 Å². The zero-order chi connectivity index (χ0) is 10.6. The van der Waals surface area contributed by atoms with Gasteiger partial charge in [0.05, 0.1) is 4.92 Å². The Labute approximate surface area is 81.7 Å². The first-order valence-corrected chi connectivity index (χ1v) is 4.53. The quantitative estimate of drug-likeness (QED) is 0.548. The van der Waals surface area contributed by atoms with Crippen molar-refractivity contribution in [3.8, 4) is 0 Å². The molecule has 1 unspecified atom stereocenters. The Morgan fingerprint density at radius 3 is 2.43 bits per heavy atom. The number of rotatable bonds is 4. The average Bonchev–Trinajstić information content (AvgIpc) is 2.18. The maximum absolute atomic E-state index is 13.3. The number of hydrogen-bond acceptors (Lipinski definition) is 2. The molecule has 0 radical (unpaired) electrons. The van der Waals surface area contributed by atoms with Crippen LogP contribution in [0.3, 0.4) is 0 Å². The number of nitro benzene ring substituents is 1. The molecule has 76 valence electrons. The molecule has 0 saturated heterocycles. The zero-order valence-corrected chi connectivity index (χ0v) is 7.94. The largest absolute Gasteiger partial charge is 0.269 e. The van der Waals surface area contributed by atoms with Crippen molar-refractivity contribution in [3.05, 3.63) is 39.9 Å². The third-order valence-corrected chi connectivity index (χ3v) is 2.01. The van der Waals surface area contributed by atoms with Crippen molar-refractivity contribution in [2.24, 2.45) is 0 Å². The first-order chi connectivity index (χ1) is 6.65.